The van der Waals surface area contributed by atoms with Crippen molar-refractivity contribution >= 4 is 39.6 Å². The van der Waals surface area contributed by atoms with Gasteiger partial charge >= 0.3 is 12.1 Å². The third kappa shape index (κ3) is 5.36. The van der Waals surface area contributed by atoms with Crippen LogP contribution in [-0.2, 0) is 9.53 Å². The van der Waals surface area contributed by atoms with Gasteiger partial charge in [-0.15, -0.1) is 0 Å². The highest BCUT2D eigenvalue weighted by Gasteiger charge is 2.29. The number of aliphatic carboxylic acids is 1. The maximum absolute atomic E-state index is 12.8. The number of hydrogen-bond acceptors (Lipinski definition) is 5. The smallest absolute Gasteiger partial charge is 0.411 e. The second-order valence-corrected chi connectivity index (χ2v) is 8.84. The summed E-state index contributed by atoms with van der Waals surface area (Å²) in [4.78, 5) is 37.5. The molecule has 180 valence electrons. The van der Waals surface area contributed by atoms with Gasteiger partial charge in [0.25, 0.3) is 5.91 Å². The van der Waals surface area contributed by atoms with Crippen molar-refractivity contribution in [1.29, 1.82) is 0 Å². The molecule has 1 aliphatic carbocycles. The van der Waals surface area contributed by atoms with Gasteiger partial charge in [-0.25, -0.2) is 4.79 Å². The van der Waals surface area contributed by atoms with Gasteiger partial charge in [0.2, 0.25) is 0 Å². The summed E-state index contributed by atoms with van der Waals surface area (Å²) in [5.74, 6) is -1.88. The van der Waals surface area contributed by atoms with E-state index in [-0.39, 0.29) is 31.2 Å². The van der Waals surface area contributed by atoms with Gasteiger partial charge in [0.15, 0.2) is 0 Å². The number of nitrogens with one attached hydrogen (secondary N) is 1. The summed E-state index contributed by atoms with van der Waals surface area (Å²) in [6.07, 6.45) is -0.676. The molecule has 2 amide bonds. The second-order valence-electron chi connectivity index (χ2n) is 7.99. The van der Waals surface area contributed by atoms with Crippen LogP contribution < -0.4 is 5.32 Å². The van der Waals surface area contributed by atoms with Gasteiger partial charge in [-0.3, -0.25) is 14.9 Å². The number of aliphatic hydroxyl groups is 1. The summed E-state index contributed by atoms with van der Waals surface area (Å²) >= 11 is 3.29. The molecule has 0 aliphatic heterocycles. The number of fused-ring (bicyclic) bond motifs is 3. The molecule has 0 saturated heterocycles. The first kappa shape index (κ1) is 24.4. The lowest BCUT2D eigenvalue weighted by atomic mass is 9.98. The normalized spacial score (nSPS) is 11.9. The van der Waals surface area contributed by atoms with Crippen LogP contribution in [0.2, 0.25) is 0 Å². The molecule has 0 aromatic heterocycles. The van der Waals surface area contributed by atoms with Crippen LogP contribution in [0.25, 0.3) is 11.1 Å². The van der Waals surface area contributed by atoms with Gasteiger partial charge in [-0.2, -0.15) is 0 Å². The van der Waals surface area contributed by atoms with Crippen LogP contribution in [0.5, 0.6) is 0 Å². The number of ether oxygens (including phenoxy) is 1. The predicted molar refractivity (Wildman–Crippen MR) is 133 cm³/mol. The predicted octanol–water partition coefficient (Wildman–Crippen LogP) is 4.33. The summed E-state index contributed by atoms with van der Waals surface area (Å²) in [7, 11) is 0. The van der Waals surface area contributed by atoms with Gasteiger partial charge in [0.05, 0.1) is 12.2 Å². The first-order chi connectivity index (χ1) is 16.9. The number of nitrogens with zero attached hydrogens (tertiary/aromatic N) is 1. The maximum atomic E-state index is 12.8. The number of carboxylic acid groups (broad SMARTS) is 1. The van der Waals surface area contributed by atoms with E-state index in [1.807, 2.05) is 36.4 Å². The van der Waals surface area contributed by atoms with Crippen molar-refractivity contribution in [2.75, 3.05) is 31.6 Å². The zero-order chi connectivity index (χ0) is 24.9. The van der Waals surface area contributed by atoms with E-state index in [2.05, 4.69) is 33.4 Å². The molecular weight excluding hydrogens is 516 g/mol. The molecule has 0 atom stereocenters. The minimum atomic E-state index is -1.20. The van der Waals surface area contributed by atoms with Gasteiger partial charge in [0.1, 0.15) is 13.2 Å². The Labute approximate surface area is 210 Å². The monoisotopic (exact) mass is 538 g/mol. The Kier molecular flexibility index (Phi) is 7.48. The summed E-state index contributed by atoms with van der Waals surface area (Å²) in [5, 5.41) is 20.9. The fourth-order valence-corrected chi connectivity index (χ4v) is 4.64. The number of carbonyl (C=O) groups is 3. The molecule has 0 unspecified atom stereocenters. The molecule has 3 N–H and O–H groups in total. The zero-order valence-electron chi connectivity index (χ0n) is 18.6. The summed E-state index contributed by atoms with van der Waals surface area (Å²) < 4.78 is 5.97. The molecule has 3 aromatic rings. The van der Waals surface area contributed by atoms with E-state index < -0.39 is 24.5 Å². The SMILES string of the molecule is O=C(O)CN(CCO)C(=O)c1cc(NC(=O)OCC2c3ccccc3-c3ccccc32)ccc1Br. The zero-order valence-corrected chi connectivity index (χ0v) is 20.2. The van der Waals surface area contributed by atoms with E-state index in [0.29, 0.717) is 10.2 Å². The van der Waals surface area contributed by atoms with Gasteiger partial charge in [-0.05, 0) is 56.4 Å². The summed E-state index contributed by atoms with van der Waals surface area (Å²) in [5.41, 5.74) is 4.91. The Balaban J connectivity index is 1.46. The van der Waals surface area contributed by atoms with Crippen molar-refractivity contribution in [2.24, 2.45) is 0 Å². The molecule has 0 saturated carbocycles. The number of carbonyl (C=O) groups excluding carboxylic acids is 2. The molecule has 35 heavy (non-hydrogen) atoms. The topological polar surface area (TPSA) is 116 Å². The molecule has 0 bridgehead atoms. The molecule has 0 spiro atoms. The minimum Gasteiger partial charge on any atom is -0.480 e. The van der Waals surface area contributed by atoms with Crippen LogP contribution in [0.1, 0.15) is 27.4 Å². The lowest BCUT2D eigenvalue weighted by Gasteiger charge is -2.20. The average molecular weight is 539 g/mol. The van der Waals surface area contributed by atoms with E-state index in [1.165, 1.54) is 6.07 Å². The molecule has 8 nitrogen and oxygen atoms in total. The largest absolute Gasteiger partial charge is 0.480 e. The first-order valence-corrected chi connectivity index (χ1v) is 11.7. The average Bonchev–Trinajstić information content (AvgIpc) is 3.17. The quantitative estimate of drug-likeness (QED) is 0.393. The van der Waals surface area contributed by atoms with Gasteiger partial charge in [0, 0.05) is 22.6 Å². The fraction of sp³-hybridized carbons (Fsp3) is 0.192. The van der Waals surface area contributed by atoms with Crippen LogP contribution in [0, 0.1) is 0 Å². The van der Waals surface area contributed by atoms with Crippen molar-refractivity contribution in [3.05, 3.63) is 87.9 Å². The van der Waals surface area contributed by atoms with E-state index in [9.17, 15) is 19.5 Å². The maximum Gasteiger partial charge on any atom is 0.411 e. The highest BCUT2D eigenvalue weighted by molar-refractivity contribution is 9.10. The van der Waals surface area contributed by atoms with Crippen LogP contribution in [0.4, 0.5) is 10.5 Å². The van der Waals surface area contributed by atoms with Crippen molar-refractivity contribution in [1.82, 2.24) is 4.90 Å². The number of anilines is 1. The van der Waals surface area contributed by atoms with E-state index >= 15 is 0 Å². The number of hydrogen-bond donors (Lipinski definition) is 3. The fourth-order valence-electron chi connectivity index (χ4n) is 4.23. The minimum absolute atomic E-state index is 0.0849. The number of amides is 2. The number of carboxylic acids is 1. The highest BCUT2D eigenvalue weighted by Crippen LogP contribution is 2.44. The Morgan fingerprint density at radius 3 is 2.20 bits per heavy atom. The van der Waals surface area contributed by atoms with Crippen LogP contribution in [0.15, 0.2) is 71.2 Å². The van der Waals surface area contributed by atoms with E-state index in [1.54, 1.807) is 12.1 Å². The molecule has 1 aliphatic rings. The molecule has 0 heterocycles. The molecule has 0 radical (unpaired) electrons. The van der Waals surface area contributed by atoms with Gasteiger partial charge in [-0.1, -0.05) is 48.5 Å². The first-order valence-electron chi connectivity index (χ1n) is 10.9. The number of aliphatic hydroxyl groups excluding tert-OH is 1. The number of benzene rings is 3. The highest BCUT2D eigenvalue weighted by atomic mass is 79.9. The van der Waals surface area contributed by atoms with Crippen LogP contribution in [-0.4, -0.2) is 59.4 Å². The Morgan fingerprint density at radius 2 is 1.60 bits per heavy atom. The lowest BCUT2D eigenvalue weighted by molar-refractivity contribution is -0.137. The third-order valence-corrected chi connectivity index (χ3v) is 6.46. The number of rotatable bonds is 8. The van der Waals surface area contributed by atoms with Crippen LogP contribution >= 0.6 is 15.9 Å². The summed E-state index contributed by atoms with van der Waals surface area (Å²) in [6.45, 7) is -0.934. The van der Waals surface area contributed by atoms with Gasteiger partial charge < -0.3 is 19.8 Å². The van der Waals surface area contributed by atoms with Crippen molar-refractivity contribution in [3.8, 4) is 11.1 Å². The standard InChI is InChI=1S/C26H23BrN2O6/c27-23-10-9-16(13-21(23)25(33)29(11-12-30)14-24(31)32)28-26(34)35-15-22-19-7-3-1-5-17(19)18-6-2-4-8-20(18)22/h1-10,13,22,30H,11-12,14-15H2,(H,28,34)(H,31,32). The second kappa shape index (κ2) is 10.7. The van der Waals surface area contributed by atoms with Crippen molar-refractivity contribution < 1.29 is 29.3 Å². The van der Waals surface area contributed by atoms with E-state index in [4.69, 9.17) is 9.84 Å². The summed E-state index contributed by atoms with van der Waals surface area (Å²) in [6, 6.07) is 20.7. The molecule has 3 aromatic carbocycles. The Bertz CT molecular complexity index is 1230. The molecule has 0 fully saturated rings. The van der Waals surface area contributed by atoms with Crippen LogP contribution in [0.3, 0.4) is 0 Å². The Morgan fingerprint density at radius 1 is 0.971 bits per heavy atom. The van der Waals surface area contributed by atoms with E-state index in [0.717, 1.165) is 27.2 Å². The third-order valence-electron chi connectivity index (χ3n) is 5.77. The van der Waals surface area contributed by atoms with Crippen molar-refractivity contribution in [3.63, 3.8) is 0 Å². The van der Waals surface area contributed by atoms with Crippen molar-refractivity contribution in [2.45, 2.75) is 5.92 Å². The number of halogens is 1. The molecular formula is C26H23BrN2O6. The Hall–Kier alpha value is -3.69. The lowest BCUT2D eigenvalue weighted by Crippen LogP contribution is -2.37. The molecule has 4 rings (SSSR count). The molecule has 9 heteroatoms.